The van der Waals surface area contributed by atoms with Gasteiger partial charge in [0.2, 0.25) is 0 Å². The van der Waals surface area contributed by atoms with Crippen LogP contribution in [-0.2, 0) is 4.79 Å². The summed E-state index contributed by atoms with van der Waals surface area (Å²) in [5.74, 6) is 0.488. The summed E-state index contributed by atoms with van der Waals surface area (Å²) in [6.45, 7) is 5.55. The Bertz CT molecular complexity index is 368. The number of carboxylic acids is 1. The molecule has 0 aromatic carbocycles. The number of piperidine rings is 1. The van der Waals surface area contributed by atoms with Crippen molar-refractivity contribution in [1.29, 1.82) is 0 Å². The number of aliphatic carboxylic acids is 1. The molecular weight excluding hydrogens is 244 g/mol. The third kappa shape index (κ3) is 3.39. The van der Waals surface area contributed by atoms with Gasteiger partial charge in [-0.05, 0) is 44.4 Å². The number of rotatable bonds is 4. The van der Waals surface area contributed by atoms with Crippen LogP contribution in [0.3, 0.4) is 0 Å². The first-order valence-electron chi connectivity index (χ1n) is 7.18. The monoisotopic (exact) mass is 268 g/mol. The molecular formula is C14H24N2O3. The Morgan fingerprint density at radius 3 is 2.74 bits per heavy atom. The van der Waals surface area contributed by atoms with E-state index in [0.717, 1.165) is 12.3 Å². The Hall–Kier alpha value is -1.26. The smallest absolute Gasteiger partial charge is 0.317 e. The minimum absolute atomic E-state index is 0.111. The molecule has 2 unspecified atom stereocenters. The Labute approximate surface area is 114 Å². The van der Waals surface area contributed by atoms with E-state index in [1.807, 2.05) is 0 Å². The molecule has 2 aliphatic rings. The first-order valence-corrected chi connectivity index (χ1v) is 7.18. The van der Waals surface area contributed by atoms with Crippen molar-refractivity contribution in [3.8, 4) is 0 Å². The molecule has 19 heavy (non-hydrogen) atoms. The molecule has 1 aliphatic carbocycles. The number of hydrogen-bond donors (Lipinski definition) is 2. The molecule has 0 spiro atoms. The Kier molecular flexibility index (Phi) is 4.02. The van der Waals surface area contributed by atoms with Crippen LogP contribution in [0.15, 0.2) is 0 Å². The van der Waals surface area contributed by atoms with Crippen LogP contribution in [0.5, 0.6) is 0 Å². The van der Waals surface area contributed by atoms with Crippen molar-refractivity contribution >= 4 is 12.0 Å². The highest BCUT2D eigenvalue weighted by Crippen LogP contribution is 2.36. The molecule has 1 saturated carbocycles. The molecule has 0 aromatic rings. The zero-order valence-electron chi connectivity index (χ0n) is 11.8. The number of carboxylic acid groups (broad SMARTS) is 1. The summed E-state index contributed by atoms with van der Waals surface area (Å²) in [5.41, 5.74) is -0.794. The van der Waals surface area contributed by atoms with E-state index in [0.29, 0.717) is 32.0 Å². The van der Waals surface area contributed by atoms with Gasteiger partial charge >= 0.3 is 12.0 Å². The van der Waals surface area contributed by atoms with Gasteiger partial charge in [0.15, 0.2) is 0 Å². The third-order valence-corrected chi connectivity index (χ3v) is 4.50. The molecule has 1 heterocycles. The van der Waals surface area contributed by atoms with Crippen LogP contribution in [0, 0.1) is 17.3 Å². The van der Waals surface area contributed by atoms with Gasteiger partial charge in [-0.15, -0.1) is 0 Å². The maximum absolute atomic E-state index is 12.1. The molecule has 108 valence electrons. The van der Waals surface area contributed by atoms with Crippen molar-refractivity contribution < 1.29 is 14.7 Å². The molecule has 1 saturated heterocycles. The summed E-state index contributed by atoms with van der Waals surface area (Å²) in [7, 11) is 0. The van der Waals surface area contributed by atoms with Gasteiger partial charge in [-0.2, -0.15) is 0 Å². The predicted molar refractivity (Wildman–Crippen MR) is 71.8 cm³/mol. The van der Waals surface area contributed by atoms with Crippen molar-refractivity contribution in [1.82, 2.24) is 10.2 Å². The Morgan fingerprint density at radius 2 is 2.16 bits per heavy atom. The van der Waals surface area contributed by atoms with E-state index in [4.69, 9.17) is 0 Å². The van der Waals surface area contributed by atoms with Crippen LogP contribution < -0.4 is 5.32 Å². The van der Waals surface area contributed by atoms with Gasteiger partial charge in [0.25, 0.3) is 0 Å². The topological polar surface area (TPSA) is 69.6 Å². The minimum atomic E-state index is -0.809. The van der Waals surface area contributed by atoms with Crippen molar-refractivity contribution in [2.75, 3.05) is 19.6 Å². The van der Waals surface area contributed by atoms with E-state index in [9.17, 15) is 14.7 Å². The van der Waals surface area contributed by atoms with Crippen LogP contribution in [0.1, 0.15) is 39.5 Å². The van der Waals surface area contributed by atoms with E-state index in [1.54, 1.807) is 11.8 Å². The Balaban J connectivity index is 1.82. The van der Waals surface area contributed by atoms with E-state index < -0.39 is 11.4 Å². The van der Waals surface area contributed by atoms with E-state index >= 15 is 0 Å². The number of hydrogen-bond acceptors (Lipinski definition) is 2. The molecule has 2 atom stereocenters. The van der Waals surface area contributed by atoms with Gasteiger partial charge in [-0.25, -0.2) is 4.79 Å². The molecule has 2 fully saturated rings. The summed E-state index contributed by atoms with van der Waals surface area (Å²) in [4.78, 5) is 25.0. The van der Waals surface area contributed by atoms with Gasteiger partial charge < -0.3 is 15.3 Å². The van der Waals surface area contributed by atoms with Crippen LogP contribution in [0.4, 0.5) is 4.79 Å². The number of likely N-dealkylation sites (tertiary alicyclic amines) is 1. The second-order valence-corrected chi connectivity index (χ2v) is 6.39. The first kappa shape index (κ1) is 14.2. The maximum atomic E-state index is 12.1. The number of amides is 2. The SMILES string of the molecule is CC(CNC(=O)N1CCCC(C)(C(=O)O)C1)C1CC1. The van der Waals surface area contributed by atoms with E-state index in [-0.39, 0.29) is 6.03 Å². The number of carbonyl (C=O) groups excluding carboxylic acids is 1. The average molecular weight is 268 g/mol. The van der Waals surface area contributed by atoms with Gasteiger partial charge in [0.05, 0.1) is 5.41 Å². The molecule has 2 rings (SSSR count). The highest BCUT2D eigenvalue weighted by molar-refractivity contribution is 5.78. The lowest BCUT2D eigenvalue weighted by atomic mass is 9.82. The van der Waals surface area contributed by atoms with Crippen molar-refractivity contribution in [3.05, 3.63) is 0 Å². The Morgan fingerprint density at radius 1 is 1.47 bits per heavy atom. The molecule has 0 bridgehead atoms. The summed E-state index contributed by atoms with van der Waals surface area (Å²) >= 11 is 0. The fourth-order valence-electron chi connectivity index (χ4n) is 2.78. The number of urea groups is 1. The van der Waals surface area contributed by atoms with Gasteiger partial charge in [-0.3, -0.25) is 4.79 Å². The first-order chi connectivity index (χ1) is 8.92. The van der Waals surface area contributed by atoms with Crippen molar-refractivity contribution in [2.45, 2.75) is 39.5 Å². The lowest BCUT2D eigenvalue weighted by Crippen LogP contribution is -2.52. The standard InChI is InChI=1S/C14H24N2O3/c1-10(11-4-5-11)8-15-13(19)16-7-3-6-14(2,9-16)12(17)18/h10-11H,3-9H2,1-2H3,(H,15,19)(H,17,18). The van der Waals surface area contributed by atoms with Crippen LogP contribution in [-0.4, -0.2) is 41.6 Å². The highest BCUT2D eigenvalue weighted by Gasteiger charge is 2.39. The molecule has 0 aromatic heterocycles. The van der Waals surface area contributed by atoms with Crippen LogP contribution in [0.2, 0.25) is 0 Å². The lowest BCUT2D eigenvalue weighted by Gasteiger charge is -2.37. The van der Waals surface area contributed by atoms with Crippen molar-refractivity contribution in [2.24, 2.45) is 17.3 Å². The normalized spacial score (nSPS) is 28.8. The predicted octanol–water partition coefficient (Wildman–Crippen LogP) is 1.93. The van der Waals surface area contributed by atoms with Gasteiger partial charge in [0, 0.05) is 19.6 Å². The molecule has 0 radical (unpaired) electrons. The summed E-state index contributed by atoms with van der Waals surface area (Å²) in [5, 5.41) is 12.2. The quantitative estimate of drug-likeness (QED) is 0.818. The van der Waals surface area contributed by atoms with Gasteiger partial charge in [-0.1, -0.05) is 6.92 Å². The fraction of sp³-hybridized carbons (Fsp3) is 0.857. The largest absolute Gasteiger partial charge is 0.481 e. The van der Waals surface area contributed by atoms with Crippen molar-refractivity contribution in [3.63, 3.8) is 0 Å². The highest BCUT2D eigenvalue weighted by atomic mass is 16.4. The lowest BCUT2D eigenvalue weighted by molar-refractivity contribution is -0.150. The average Bonchev–Trinajstić information content (AvgIpc) is 3.19. The number of carbonyl (C=O) groups is 2. The van der Waals surface area contributed by atoms with E-state index in [1.165, 1.54) is 12.8 Å². The molecule has 1 aliphatic heterocycles. The van der Waals surface area contributed by atoms with Crippen LogP contribution >= 0.6 is 0 Å². The zero-order valence-corrected chi connectivity index (χ0v) is 11.8. The summed E-state index contributed by atoms with van der Waals surface area (Å²) in [6, 6.07) is -0.111. The molecule has 5 nitrogen and oxygen atoms in total. The third-order valence-electron chi connectivity index (χ3n) is 4.50. The molecule has 2 amide bonds. The van der Waals surface area contributed by atoms with Gasteiger partial charge in [0.1, 0.15) is 0 Å². The second-order valence-electron chi connectivity index (χ2n) is 6.39. The number of nitrogens with one attached hydrogen (secondary N) is 1. The minimum Gasteiger partial charge on any atom is -0.481 e. The second kappa shape index (κ2) is 5.39. The van der Waals surface area contributed by atoms with Crippen LogP contribution in [0.25, 0.3) is 0 Å². The number of nitrogens with zero attached hydrogens (tertiary/aromatic N) is 1. The zero-order chi connectivity index (χ0) is 14.0. The summed E-state index contributed by atoms with van der Waals surface area (Å²) < 4.78 is 0. The van der Waals surface area contributed by atoms with E-state index in [2.05, 4.69) is 12.2 Å². The molecule has 5 heteroatoms. The summed E-state index contributed by atoms with van der Waals surface area (Å²) in [6.07, 6.45) is 3.95. The maximum Gasteiger partial charge on any atom is 0.317 e. The molecule has 2 N–H and O–H groups in total. The fourth-order valence-corrected chi connectivity index (χ4v) is 2.78.